The number of likely N-dealkylation sites (tertiary alicyclic amines) is 1. The second kappa shape index (κ2) is 12.1. The Morgan fingerprint density at radius 2 is 1.77 bits per heavy atom. The lowest BCUT2D eigenvalue weighted by molar-refractivity contribution is -0.140. The highest BCUT2D eigenvalue weighted by Gasteiger charge is 2.35. The number of benzene rings is 2. The molecule has 8 heteroatoms. The molecule has 2 amide bonds. The van der Waals surface area contributed by atoms with Gasteiger partial charge in [0.1, 0.15) is 17.7 Å². The maximum Gasteiger partial charge on any atom is 0.236 e. The Bertz CT molecular complexity index is 966. The van der Waals surface area contributed by atoms with Crippen LogP contribution < -0.4 is 4.74 Å². The Labute approximate surface area is 206 Å². The standard InChI is InChI=1S/C27H34FN3O4/c1-29(18-21-5-3-2-4-6-21)26(32)17-22-19-31(27(33)20-30-13-15-34-16-14-30)12-11-25(22)35-24-9-7-23(28)8-10-24/h2-10,22,25H,11-20H2,1H3/t22-,25-/m0/s1. The van der Waals surface area contributed by atoms with Crippen LogP contribution in [0.25, 0.3) is 0 Å². The van der Waals surface area contributed by atoms with Crippen LogP contribution in [0.2, 0.25) is 0 Å². The van der Waals surface area contributed by atoms with Gasteiger partial charge in [-0.05, 0) is 29.8 Å². The predicted molar refractivity (Wildman–Crippen MR) is 130 cm³/mol. The van der Waals surface area contributed by atoms with Gasteiger partial charge in [-0.15, -0.1) is 0 Å². The fourth-order valence-electron chi connectivity index (χ4n) is 4.65. The summed E-state index contributed by atoms with van der Waals surface area (Å²) in [5.41, 5.74) is 1.06. The summed E-state index contributed by atoms with van der Waals surface area (Å²) in [6, 6.07) is 15.8. The molecule has 0 N–H and O–H groups in total. The monoisotopic (exact) mass is 483 g/mol. The lowest BCUT2D eigenvalue weighted by Crippen LogP contribution is -2.52. The lowest BCUT2D eigenvalue weighted by atomic mass is 9.90. The smallest absolute Gasteiger partial charge is 0.236 e. The van der Waals surface area contributed by atoms with Crippen LogP contribution in [0.5, 0.6) is 5.75 Å². The molecule has 2 saturated heterocycles. The second-order valence-electron chi connectivity index (χ2n) is 9.33. The maximum absolute atomic E-state index is 13.4. The molecule has 2 aliphatic rings. The van der Waals surface area contributed by atoms with E-state index in [-0.39, 0.29) is 36.1 Å². The SMILES string of the molecule is CN(Cc1ccccc1)C(=O)C[C@H]1CN(C(=O)CN2CCOCC2)CC[C@@H]1Oc1ccc(F)cc1. The number of hydrogen-bond acceptors (Lipinski definition) is 5. The molecule has 0 bridgehead atoms. The van der Waals surface area contributed by atoms with E-state index in [9.17, 15) is 14.0 Å². The number of amides is 2. The molecule has 2 atom stereocenters. The second-order valence-corrected chi connectivity index (χ2v) is 9.33. The molecule has 7 nitrogen and oxygen atoms in total. The van der Waals surface area contributed by atoms with Gasteiger partial charge in [-0.3, -0.25) is 14.5 Å². The van der Waals surface area contributed by atoms with Gasteiger partial charge in [0, 0.05) is 58.5 Å². The average molecular weight is 484 g/mol. The molecule has 0 spiro atoms. The molecule has 0 unspecified atom stereocenters. The first-order valence-electron chi connectivity index (χ1n) is 12.3. The van der Waals surface area contributed by atoms with Crippen LogP contribution in [-0.2, 0) is 20.9 Å². The van der Waals surface area contributed by atoms with Gasteiger partial charge < -0.3 is 19.3 Å². The van der Waals surface area contributed by atoms with E-state index in [1.165, 1.54) is 12.1 Å². The fourth-order valence-corrected chi connectivity index (χ4v) is 4.65. The summed E-state index contributed by atoms with van der Waals surface area (Å²) in [5.74, 6) is 0.166. The molecule has 0 saturated carbocycles. The van der Waals surface area contributed by atoms with Crippen molar-refractivity contribution in [3.8, 4) is 5.75 Å². The number of rotatable bonds is 8. The highest BCUT2D eigenvalue weighted by Crippen LogP contribution is 2.27. The molecule has 0 radical (unpaired) electrons. The number of hydrogen-bond donors (Lipinski definition) is 0. The quantitative estimate of drug-likeness (QED) is 0.578. The van der Waals surface area contributed by atoms with Crippen molar-refractivity contribution in [2.45, 2.75) is 25.5 Å². The summed E-state index contributed by atoms with van der Waals surface area (Å²) in [5, 5.41) is 0. The number of piperidine rings is 1. The molecule has 2 aromatic rings. The van der Waals surface area contributed by atoms with Gasteiger partial charge in [0.25, 0.3) is 0 Å². The van der Waals surface area contributed by atoms with Crippen LogP contribution in [0.15, 0.2) is 54.6 Å². The number of carbonyl (C=O) groups excluding carboxylic acids is 2. The number of nitrogens with zero attached hydrogens (tertiary/aromatic N) is 3. The summed E-state index contributed by atoms with van der Waals surface area (Å²) < 4.78 is 24.9. The van der Waals surface area contributed by atoms with Gasteiger partial charge in [0.15, 0.2) is 0 Å². The fraction of sp³-hybridized carbons (Fsp3) is 0.481. The van der Waals surface area contributed by atoms with E-state index in [4.69, 9.17) is 9.47 Å². The van der Waals surface area contributed by atoms with E-state index in [2.05, 4.69) is 4.90 Å². The Balaban J connectivity index is 1.41. The van der Waals surface area contributed by atoms with Gasteiger partial charge in [0.2, 0.25) is 11.8 Å². The molecule has 4 rings (SSSR count). The molecule has 2 aliphatic heterocycles. The van der Waals surface area contributed by atoms with Gasteiger partial charge in [-0.25, -0.2) is 4.39 Å². The van der Waals surface area contributed by atoms with Gasteiger partial charge >= 0.3 is 0 Å². The topological polar surface area (TPSA) is 62.3 Å². The normalized spacial score (nSPS) is 20.9. The summed E-state index contributed by atoms with van der Waals surface area (Å²) >= 11 is 0. The molecular weight excluding hydrogens is 449 g/mol. The summed E-state index contributed by atoms with van der Waals surface area (Å²) in [4.78, 5) is 31.9. The minimum Gasteiger partial charge on any atom is -0.490 e. The maximum atomic E-state index is 13.4. The largest absolute Gasteiger partial charge is 0.490 e. The molecule has 0 aliphatic carbocycles. The first-order chi connectivity index (χ1) is 17.0. The van der Waals surface area contributed by atoms with E-state index in [1.807, 2.05) is 35.2 Å². The molecule has 0 aromatic heterocycles. The van der Waals surface area contributed by atoms with Crippen molar-refractivity contribution in [3.63, 3.8) is 0 Å². The highest BCUT2D eigenvalue weighted by atomic mass is 19.1. The average Bonchev–Trinajstić information content (AvgIpc) is 2.87. The zero-order valence-corrected chi connectivity index (χ0v) is 20.3. The van der Waals surface area contributed by atoms with Crippen molar-refractivity contribution < 1.29 is 23.5 Å². The Kier molecular flexibility index (Phi) is 8.71. The number of halogens is 1. The van der Waals surface area contributed by atoms with Crippen LogP contribution in [0.4, 0.5) is 4.39 Å². The third-order valence-corrected chi connectivity index (χ3v) is 6.71. The zero-order chi connectivity index (χ0) is 24.6. The third kappa shape index (κ3) is 7.26. The summed E-state index contributed by atoms with van der Waals surface area (Å²) in [6.45, 7) is 4.71. The molecule has 188 valence electrons. The van der Waals surface area contributed by atoms with Crippen molar-refractivity contribution in [1.82, 2.24) is 14.7 Å². The van der Waals surface area contributed by atoms with Crippen molar-refractivity contribution >= 4 is 11.8 Å². The number of morpholine rings is 1. The van der Waals surface area contributed by atoms with E-state index in [1.54, 1.807) is 24.1 Å². The van der Waals surface area contributed by atoms with Crippen molar-refractivity contribution in [3.05, 3.63) is 66.0 Å². The zero-order valence-electron chi connectivity index (χ0n) is 20.3. The van der Waals surface area contributed by atoms with Crippen LogP contribution in [0.3, 0.4) is 0 Å². The Morgan fingerprint density at radius 3 is 2.49 bits per heavy atom. The molecule has 2 fully saturated rings. The highest BCUT2D eigenvalue weighted by molar-refractivity contribution is 5.79. The first kappa shape index (κ1) is 25.1. The Hall–Kier alpha value is -2.97. The van der Waals surface area contributed by atoms with Gasteiger partial charge in [-0.1, -0.05) is 30.3 Å². The van der Waals surface area contributed by atoms with Crippen molar-refractivity contribution in [2.75, 3.05) is 53.0 Å². The van der Waals surface area contributed by atoms with Crippen LogP contribution in [0, 0.1) is 11.7 Å². The first-order valence-corrected chi connectivity index (χ1v) is 12.3. The molecule has 2 heterocycles. The summed E-state index contributed by atoms with van der Waals surface area (Å²) in [7, 11) is 1.80. The van der Waals surface area contributed by atoms with Crippen LogP contribution in [-0.4, -0.2) is 85.6 Å². The minimum atomic E-state index is -0.324. The van der Waals surface area contributed by atoms with E-state index in [0.717, 1.165) is 18.7 Å². The van der Waals surface area contributed by atoms with Gasteiger partial charge in [0.05, 0.1) is 19.8 Å². The molecule has 2 aromatic carbocycles. The molecule has 35 heavy (non-hydrogen) atoms. The van der Waals surface area contributed by atoms with Crippen molar-refractivity contribution in [2.24, 2.45) is 5.92 Å². The number of carbonyl (C=O) groups is 2. The molecular formula is C27H34FN3O4. The Morgan fingerprint density at radius 1 is 1.06 bits per heavy atom. The minimum absolute atomic E-state index is 0.00837. The van der Waals surface area contributed by atoms with E-state index >= 15 is 0 Å². The van der Waals surface area contributed by atoms with E-state index in [0.29, 0.717) is 51.6 Å². The summed E-state index contributed by atoms with van der Waals surface area (Å²) in [6.07, 6.45) is 0.658. The van der Waals surface area contributed by atoms with E-state index < -0.39 is 0 Å². The van der Waals surface area contributed by atoms with Crippen molar-refractivity contribution in [1.29, 1.82) is 0 Å². The van der Waals surface area contributed by atoms with Crippen LogP contribution in [0.1, 0.15) is 18.4 Å². The lowest BCUT2D eigenvalue weighted by Gasteiger charge is -2.39. The van der Waals surface area contributed by atoms with Crippen LogP contribution >= 0.6 is 0 Å². The third-order valence-electron chi connectivity index (χ3n) is 6.71. The predicted octanol–water partition coefficient (Wildman–Crippen LogP) is 2.80. The number of ether oxygens (including phenoxy) is 2. The van der Waals surface area contributed by atoms with Gasteiger partial charge in [-0.2, -0.15) is 0 Å².